The number of rotatable bonds is 7. The van der Waals surface area contributed by atoms with Crippen LogP contribution in [-0.2, 0) is 14.3 Å². The fourth-order valence-electron chi connectivity index (χ4n) is 4.73. The van der Waals surface area contributed by atoms with Crippen LogP contribution in [0.4, 0.5) is 0 Å². The molecule has 2 saturated carbocycles. The number of carbonyl (C=O) groups excluding carboxylic acids is 2. The van der Waals surface area contributed by atoms with Crippen molar-refractivity contribution in [1.29, 1.82) is 0 Å². The fraction of sp³-hybridized carbons (Fsp3) is 0.895. The third kappa shape index (κ3) is 3.61. The molecule has 0 unspecified atom stereocenters. The molecule has 1 N–H and O–H groups in total. The predicted molar refractivity (Wildman–Crippen MR) is 94.3 cm³/mol. The van der Waals surface area contributed by atoms with Gasteiger partial charge in [-0.25, -0.2) is 4.79 Å². The van der Waals surface area contributed by atoms with E-state index in [0.29, 0.717) is 42.1 Å². The minimum absolute atomic E-state index is 0.111. The van der Waals surface area contributed by atoms with Crippen LogP contribution in [0.15, 0.2) is 0 Å². The van der Waals surface area contributed by atoms with Gasteiger partial charge in [0.25, 0.3) is 0 Å². The Hall–Kier alpha value is -1.10. The molecule has 138 valence electrons. The third-order valence-corrected chi connectivity index (χ3v) is 6.94. The third-order valence-electron chi connectivity index (χ3n) is 6.94. The first-order valence-electron chi connectivity index (χ1n) is 9.29. The minimum atomic E-state index is -0.203. The first kappa shape index (κ1) is 19.2. The summed E-state index contributed by atoms with van der Waals surface area (Å²) in [5.41, 5.74) is 0.521. The van der Waals surface area contributed by atoms with Crippen molar-refractivity contribution >= 4 is 11.9 Å². The van der Waals surface area contributed by atoms with E-state index < -0.39 is 0 Å². The molecular weight excluding hydrogens is 304 g/mol. The molecule has 2 fully saturated rings. The Kier molecular flexibility index (Phi) is 5.34. The Morgan fingerprint density at radius 3 is 2.42 bits per heavy atom. The monoisotopic (exact) mass is 339 g/mol. The summed E-state index contributed by atoms with van der Waals surface area (Å²) in [7, 11) is 3.93. The van der Waals surface area contributed by atoms with Crippen molar-refractivity contribution in [3.8, 4) is 0 Å². The SMILES string of the molecule is CCOC(=O)C[N+](C)(C)CCC(=O)N[C@@H]1C[C@H]2CC[C@]1(C)C2(C)C. The summed E-state index contributed by atoms with van der Waals surface area (Å²) in [4.78, 5) is 24.1. The second kappa shape index (κ2) is 6.66. The molecule has 5 heteroatoms. The number of nitrogens with one attached hydrogen (secondary N) is 1. The van der Waals surface area contributed by atoms with E-state index in [0.717, 1.165) is 12.3 Å². The van der Waals surface area contributed by atoms with Gasteiger partial charge in [-0.05, 0) is 42.9 Å². The Labute approximate surface area is 146 Å². The van der Waals surface area contributed by atoms with Gasteiger partial charge in [-0.3, -0.25) is 4.79 Å². The van der Waals surface area contributed by atoms with E-state index in [2.05, 4.69) is 26.1 Å². The fourth-order valence-corrected chi connectivity index (χ4v) is 4.73. The van der Waals surface area contributed by atoms with Crippen LogP contribution < -0.4 is 5.32 Å². The maximum Gasteiger partial charge on any atom is 0.361 e. The Balaban J connectivity index is 1.83. The summed E-state index contributed by atoms with van der Waals surface area (Å²) in [5.74, 6) is 0.633. The smallest absolute Gasteiger partial charge is 0.361 e. The van der Waals surface area contributed by atoms with Gasteiger partial charge in [0.05, 0.1) is 33.7 Å². The summed E-state index contributed by atoms with van der Waals surface area (Å²) < 4.78 is 5.48. The summed E-state index contributed by atoms with van der Waals surface area (Å²) >= 11 is 0. The molecule has 0 aromatic carbocycles. The van der Waals surface area contributed by atoms with Crippen LogP contribution in [0.2, 0.25) is 0 Å². The van der Waals surface area contributed by atoms with E-state index in [4.69, 9.17) is 4.74 Å². The number of esters is 1. The van der Waals surface area contributed by atoms with E-state index in [9.17, 15) is 9.59 Å². The Morgan fingerprint density at radius 2 is 1.92 bits per heavy atom. The van der Waals surface area contributed by atoms with E-state index in [1.165, 1.54) is 12.8 Å². The molecule has 2 aliphatic rings. The molecule has 2 aliphatic carbocycles. The molecule has 0 aromatic heterocycles. The molecule has 2 rings (SSSR count). The molecule has 0 radical (unpaired) electrons. The number of quaternary nitrogens is 1. The van der Waals surface area contributed by atoms with Crippen molar-refractivity contribution in [3.05, 3.63) is 0 Å². The van der Waals surface area contributed by atoms with Gasteiger partial charge in [0.15, 0.2) is 6.54 Å². The molecule has 0 saturated heterocycles. The topological polar surface area (TPSA) is 55.4 Å². The lowest BCUT2D eigenvalue weighted by molar-refractivity contribution is -0.882. The second-order valence-electron chi connectivity index (χ2n) is 9.10. The molecule has 0 spiro atoms. The van der Waals surface area contributed by atoms with Crippen LogP contribution in [0.5, 0.6) is 0 Å². The number of likely N-dealkylation sites (N-methyl/N-ethyl adjacent to an activating group) is 1. The maximum atomic E-state index is 12.4. The largest absolute Gasteiger partial charge is 0.462 e. The van der Waals surface area contributed by atoms with Crippen molar-refractivity contribution in [2.45, 2.75) is 59.4 Å². The summed E-state index contributed by atoms with van der Waals surface area (Å²) in [6.45, 7) is 10.2. The predicted octanol–water partition coefficient (Wildman–Crippen LogP) is 2.35. The van der Waals surface area contributed by atoms with E-state index in [1.54, 1.807) is 0 Å². The van der Waals surface area contributed by atoms with Crippen LogP contribution in [0.1, 0.15) is 53.4 Å². The summed E-state index contributed by atoms with van der Waals surface area (Å²) in [5, 5.41) is 3.29. The lowest BCUT2D eigenvalue weighted by Crippen LogP contribution is -2.49. The van der Waals surface area contributed by atoms with Gasteiger partial charge in [-0.2, -0.15) is 0 Å². The van der Waals surface area contributed by atoms with E-state index in [-0.39, 0.29) is 17.3 Å². The highest BCUT2D eigenvalue weighted by molar-refractivity contribution is 5.76. The van der Waals surface area contributed by atoms with Crippen LogP contribution in [0.25, 0.3) is 0 Å². The van der Waals surface area contributed by atoms with Crippen molar-refractivity contribution in [3.63, 3.8) is 0 Å². The lowest BCUT2D eigenvalue weighted by atomic mass is 9.69. The number of hydrogen-bond donors (Lipinski definition) is 1. The van der Waals surface area contributed by atoms with Crippen molar-refractivity contribution < 1.29 is 18.8 Å². The molecule has 0 aliphatic heterocycles. The molecular formula is C19H35N2O3+. The zero-order chi connectivity index (χ0) is 18.2. The molecule has 1 amide bonds. The molecule has 24 heavy (non-hydrogen) atoms. The van der Waals surface area contributed by atoms with Crippen LogP contribution in [-0.4, -0.2) is 56.2 Å². The van der Waals surface area contributed by atoms with Gasteiger partial charge in [0.2, 0.25) is 5.91 Å². The zero-order valence-electron chi connectivity index (χ0n) is 16.3. The maximum absolute atomic E-state index is 12.4. The standard InChI is InChI=1S/C19H34N2O3/c1-7-24-17(23)13-21(5,6)11-9-16(22)20-15-12-14-8-10-19(15,4)18(14,2)3/h14-15H,7-13H2,1-6H3/p+1/t14-,15-,19+/m1/s1. The lowest BCUT2D eigenvalue weighted by Gasteiger charge is -2.39. The van der Waals surface area contributed by atoms with Gasteiger partial charge in [-0.1, -0.05) is 20.8 Å². The first-order valence-corrected chi connectivity index (χ1v) is 9.29. The number of fused-ring (bicyclic) bond motifs is 2. The average Bonchev–Trinajstić information content (AvgIpc) is 2.78. The van der Waals surface area contributed by atoms with Gasteiger partial charge >= 0.3 is 5.97 Å². The number of hydrogen-bond acceptors (Lipinski definition) is 3. The van der Waals surface area contributed by atoms with Crippen LogP contribution in [0.3, 0.4) is 0 Å². The van der Waals surface area contributed by atoms with E-state index >= 15 is 0 Å². The van der Waals surface area contributed by atoms with Gasteiger partial charge in [-0.15, -0.1) is 0 Å². The van der Waals surface area contributed by atoms with Crippen molar-refractivity contribution in [1.82, 2.24) is 5.32 Å². The highest BCUT2D eigenvalue weighted by Gasteiger charge is 2.61. The first-order chi connectivity index (χ1) is 11.0. The number of carbonyl (C=O) groups is 2. The van der Waals surface area contributed by atoms with Crippen molar-refractivity contribution in [2.24, 2.45) is 16.7 Å². The summed E-state index contributed by atoms with van der Waals surface area (Å²) in [6.07, 6.45) is 4.06. The number of nitrogens with zero attached hydrogens (tertiary/aromatic N) is 1. The van der Waals surface area contributed by atoms with Gasteiger partial charge in [0, 0.05) is 6.04 Å². The average molecular weight is 340 g/mol. The second-order valence-corrected chi connectivity index (χ2v) is 9.10. The quantitative estimate of drug-likeness (QED) is 0.572. The molecule has 5 nitrogen and oxygen atoms in total. The minimum Gasteiger partial charge on any atom is -0.462 e. The molecule has 0 heterocycles. The zero-order valence-corrected chi connectivity index (χ0v) is 16.3. The molecule has 2 bridgehead atoms. The van der Waals surface area contributed by atoms with Crippen LogP contribution >= 0.6 is 0 Å². The van der Waals surface area contributed by atoms with Gasteiger partial charge in [0.1, 0.15) is 0 Å². The summed E-state index contributed by atoms with van der Waals surface area (Å²) in [6, 6.07) is 0.291. The van der Waals surface area contributed by atoms with E-state index in [1.807, 2.05) is 21.0 Å². The Morgan fingerprint density at radius 1 is 1.25 bits per heavy atom. The molecule has 3 atom stereocenters. The van der Waals surface area contributed by atoms with Gasteiger partial charge < -0.3 is 14.5 Å². The number of ether oxygens (including phenoxy) is 1. The van der Waals surface area contributed by atoms with Crippen molar-refractivity contribution in [2.75, 3.05) is 33.8 Å². The highest BCUT2D eigenvalue weighted by atomic mass is 16.5. The number of amides is 1. The van der Waals surface area contributed by atoms with Crippen LogP contribution in [0, 0.1) is 16.7 Å². The highest BCUT2D eigenvalue weighted by Crippen LogP contribution is 2.65. The molecule has 0 aromatic rings. The Bertz CT molecular complexity index is 501. The normalized spacial score (nSPS) is 31.1.